The summed E-state index contributed by atoms with van der Waals surface area (Å²) in [6, 6.07) is 29.9. The van der Waals surface area contributed by atoms with Crippen LogP contribution in [0.2, 0.25) is 0 Å². The van der Waals surface area contributed by atoms with Crippen LogP contribution in [-0.2, 0) is 24.6 Å². The largest absolute Gasteiger partial charge is 0.481 e. The van der Waals surface area contributed by atoms with Crippen molar-refractivity contribution in [3.8, 4) is 23.0 Å². The van der Waals surface area contributed by atoms with Crippen molar-refractivity contribution < 1.29 is 38.9 Å². The van der Waals surface area contributed by atoms with Gasteiger partial charge < -0.3 is 30.3 Å². The van der Waals surface area contributed by atoms with Gasteiger partial charge >= 0.3 is 11.9 Å². The van der Waals surface area contributed by atoms with E-state index in [2.05, 4.69) is 36.6 Å². The summed E-state index contributed by atoms with van der Waals surface area (Å²) in [4.78, 5) is 48.3. The first-order valence-electron chi connectivity index (χ1n) is 15.1. The number of rotatable bonds is 12. The van der Waals surface area contributed by atoms with Crippen LogP contribution in [0.1, 0.15) is 31.9 Å². The van der Waals surface area contributed by atoms with E-state index in [4.69, 9.17) is 9.47 Å². The lowest BCUT2D eigenvalue weighted by atomic mass is 9.55. The van der Waals surface area contributed by atoms with Crippen molar-refractivity contribution in [2.45, 2.75) is 26.2 Å². The molecule has 1 fully saturated rings. The van der Waals surface area contributed by atoms with Crippen molar-refractivity contribution in [2.75, 3.05) is 17.7 Å². The van der Waals surface area contributed by atoms with Crippen LogP contribution < -0.4 is 20.1 Å². The predicted molar refractivity (Wildman–Crippen MR) is 176 cm³/mol. The van der Waals surface area contributed by atoms with Crippen LogP contribution in [0.5, 0.6) is 23.0 Å². The van der Waals surface area contributed by atoms with Crippen LogP contribution in [0.3, 0.4) is 0 Å². The van der Waals surface area contributed by atoms with E-state index in [0.29, 0.717) is 17.2 Å². The highest BCUT2D eigenvalue weighted by Gasteiger charge is 2.62. The van der Waals surface area contributed by atoms with E-state index >= 15 is 0 Å². The van der Waals surface area contributed by atoms with Crippen molar-refractivity contribution in [1.82, 2.24) is 0 Å². The molecule has 2 atom stereocenters. The summed E-state index contributed by atoms with van der Waals surface area (Å²) >= 11 is 0. The van der Waals surface area contributed by atoms with E-state index in [1.54, 1.807) is 24.3 Å². The SMILES string of the molecule is CNc1ccc(Oc2ccc(C(C)(C)c3ccc(Oc4ccc(NC(=O)C5C(C(=O)O)C(C(C)=O)C5C(=O)O)cc4)cc3)cc2)cc1. The lowest BCUT2D eigenvalue weighted by Gasteiger charge is -2.45. The lowest BCUT2D eigenvalue weighted by molar-refractivity contribution is -0.178. The Kier molecular flexibility index (Phi) is 9.32. The van der Waals surface area contributed by atoms with Crippen molar-refractivity contribution >= 4 is 35.0 Å². The molecule has 242 valence electrons. The van der Waals surface area contributed by atoms with Crippen LogP contribution in [0.25, 0.3) is 0 Å². The van der Waals surface area contributed by atoms with E-state index in [1.165, 1.54) is 0 Å². The average molecular weight is 637 g/mol. The number of anilines is 2. The average Bonchev–Trinajstić information content (AvgIpc) is 3.02. The second kappa shape index (κ2) is 13.4. The number of benzene rings is 4. The van der Waals surface area contributed by atoms with E-state index < -0.39 is 47.3 Å². The normalized spacial score (nSPS) is 18.7. The summed E-state index contributed by atoms with van der Waals surface area (Å²) in [5.41, 5.74) is 3.25. The third-order valence-electron chi connectivity index (χ3n) is 8.78. The fraction of sp³-hybridized carbons (Fsp3) is 0.243. The number of ketones is 1. The molecular formula is C37H36N2O8. The smallest absolute Gasteiger partial charge is 0.308 e. The number of carboxylic acids is 2. The standard InChI is InChI=1S/C37H36N2O8/c1-21(40)30-32(35(42)43)31(33(30)36(44)45)34(41)39-25-11-19-29(20-12-25)47-27-15-7-23(8-16-27)37(2,3)22-5-13-26(14-6-22)46-28-17-9-24(38-4)10-18-28/h5-20,30-33,38H,1-4H3,(H,39,41)(H,42,43)(H,44,45). The second-order valence-electron chi connectivity index (χ2n) is 12.1. The number of hydrogen-bond donors (Lipinski definition) is 4. The lowest BCUT2D eigenvalue weighted by Crippen LogP contribution is -2.60. The topological polar surface area (TPSA) is 151 Å². The molecule has 4 N–H and O–H groups in total. The van der Waals surface area contributed by atoms with Gasteiger partial charge in [0.2, 0.25) is 5.91 Å². The first-order valence-corrected chi connectivity index (χ1v) is 15.1. The van der Waals surface area contributed by atoms with E-state index in [1.807, 2.05) is 67.7 Å². The number of amides is 1. The van der Waals surface area contributed by atoms with Crippen molar-refractivity contribution in [3.63, 3.8) is 0 Å². The molecule has 10 heteroatoms. The Hall–Kier alpha value is -5.64. The van der Waals surface area contributed by atoms with Crippen LogP contribution in [0.4, 0.5) is 11.4 Å². The van der Waals surface area contributed by atoms with Gasteiger partial charge in [0, 0.05) is 29.8 Å². The Bertz CT molecular complexity index is 1740. The zero-order chi connectivity index (χ0) is 33.9. The van der Waals surface area contributed by atoms with Crippen molar-refractivity contribution in [2.24, 2.45) is 23.7 Å². The molecule has 0 heterocycles. The van der Waals surface area contributed by atoms with Gasteiger partial charge in [-0.15, -0.1) is 0 Å². The van der Waals surface area contributed by atoms with Gasteiger partial charge in [-0.3, -0.25) is 19.2 Å². The summed E-state index contributed by atoms with van der Waals surface area (Å²) in [6.07, 6.45) is 0. The van der Waals surface area contributed by atoms with Crippen molar-refractivity contribution in [1.29, 1.82) is 0 Å². The number of Topliss-reactive ketones (excluding diaryl/α,β-unsaturated/α-hetero) is 1. The summed E-state index contributed by atoms with van der Waals surface area (Å²) in [6.45, 7) is 5.42. The fourth-order valence-electron chi connectivity index (χ4n) is 6.03. The van der Waals surface area contributed by atoms with Gasteiger partial charge in [0.25, 0.3) is 0 Å². The Morgan fingerprint density at radius 3 is 1.28 bits per heavy atom. The van der Waals surface area contributed by atoms with Crippen molar-refractivity contribution in [3.05, 3.63) is 108 Å². The molecule has 1 amide bonds. The minimum absolute atomic E-state index is 0.296. The molecule has 2 unspecified atom stereocenters. The number of carbonyl (C=O) groups is 4. The highest BCUT2D eigenvalue weighted by atomic mass is 16.5. The maximum atomic E-state index is 12.9. The number of carboxylic acid groups (broad SMARTS) is 2. The van der Waals surface area contributed by atoms with Crippen LogP contribution in [0.15, 0.2) is 97.1 Å². The molecule has 1 aliphatic carbocycles. The molecule has 0 radical (unpaired) electrons. The van der Waals surface area contributed by atoms with Gasteiger partial charge in [0.1, 0.15) is 28.8 Å². The summed E-state index contributed by atoms with van der Waals surface area (Å²) in [5.74, 6) is -6.91. The monoisotopic (exact) mass is 636 g/mol. The number of hydrogen-bond acceptors (Lipinski definition) is 7. The maximum Gasteiger partial charge on any atom is 0.308 e. The Balaban J connectivity index is 1.19. The highest BCUT2D eigenvalue weighted by molar-refractivity contribution is 6.03. The zero-order valence-corrected chi connectivity index (χ0v) is 26.4. The summed E-state index contributed by atoms with van der Waals surface area (Å²) in [5, 5.41) is 24.8. The van der Waals surface area contributed by atoms with Gasteiger partial charge in [-0.05, 0) is 90.8 Å². The third-order valence-corrected chi connectivity index (χ3v) is 8.78. The van der Waals surface area contributed by atoms with E-state index in [0.717, 1.165) is 35.2 Å². The minimum atomic E-state index is -1.40. The van der Waals surface area contributed by atoms with Gasteiger partial charge in [-0.1, -0.05) is 38.1 Å². The number of nitrogens with one attached hydrogen (secondary N) is 2. The Labute approximate surface area is 272 Å². The number of ether oxygens (including phenoxy) is 2. The van der Waals surface area contributed by atoms with Crippen LogP contribution in [0, 0.1) is 23.7 Å². The van der Waals surface area contributed by atoms with Gasteiger partial charge in [-0.2, -0.15) is 0 Å². The van der Waals surface area contributed by atoms with Gasteiger partial charge in [-0.25, -0.2) is 0 Å². The summed E-state index contributed by atoms with van der Waals surface area (Å²) in [7, 11) is 1.87. The van der Waals surface area contributed by atoms with E-state index in [-0.39, 0.29) is 5.41 Å². The van der Waals surface area contributed by atoms with Crippen LogP contribution in [-0.4, -0.2) is 40.9 Å². The number of aliphatic carboxylic acids is 2. The molecule has 0 bridgehead atoms. The fourth-order valence-corrected chi connectivity index (χ4v) is 6.03. The zero-order valence-electron chi connectivity index (χ0n) is 26.4. The molecule has 4 aromatic rings. The molecule has 5 rings (SSSR count). The maximum absolute atomic E-state index is 12.9. The predicted octanol–water partition coefficient (Wildman–Crippen LogP) is 6.81. The molecule has 0 aromatic heterocycles. The summed E-state index contributed by atoms with van der Waals surface area (Å²) < 4.78 is 12.0. The molecule has 0 aliphatic heterocycles. The number of carbonyl (C=O) groups excluding carboxylic acids is 2. The second-order valence-corrected chi connectivity index (χ2v) is 12.1. The highest BCUT2D eigenvalue weighted by Crippen LogP contribution is 2.48. The molecule has 10 nitrogen and oxygen atoms in total. The molecule has 4 aromatic carbocycles. The quantitative estimate of drug-likeness (QED) is 0.131. The molecule has 0 saturated heterocycles. The first-order chi connectivity index (χ1) is 22.4. The van der Waals surface area contributed by atoms with E-state index in [9.17, 15) is 29.4 Å². The van der Waals surface area contributed by atoms with Gasteiger partial charge in [0.05, 0.1) is 17.8 Å². The van der Waals surface area contributed by atoms with Crippen LogP contribution >= 0.6 is 0 Å². The Morgan fingerprint density at radius 1 is 0.574 bits per heavy atom. The Morgan fingerprint density at radius 2 is 0.936 bits per heavy atom. The molecule has 47 heavy (non-hydrogen) atoms. The van der Waals surface area contributed by atoms with Gasteiger partial charge in [0.15, 0.2) is 0 Å². The molecular weight excluding hydrogens is 600 g/mol. The third kappa shape index (κ3) is 6.96. The molecule has 1 saturated carbocycles. The molecule has 0 spiro atoms. The minimum Gasteiger partial charge on any atom is -0.481 e. The first kappa shape index (κ1) is 32.7. The molecule has 1 aliphatic rings.